The predicted molar refractivity (Wildman–Crippen MR) is 59.7 cm³/mol. The van der Waals surface area contributed by atoms with Crippen molar-refractivity contribution in [2.45, 2.75) is 13.3 Å². The zero-order chi connectivity index (χ0) is 10.2. The number of para-hydroxylation sites is 1. The lowest BCUT2D eigenvalue weighted by molar-refractivity contribution is 0.237. The summed E-state index contributed by atoms with van der Waals surface area (Å²) in [6, 6.07) is 9.95. The smallest absolute Gasteiger partial charge is 0.119 e. The van der Waals surface area contributed by atoms with Crippen molar-refractivity contribution in [1.82, 2.24) is 4.90 Å². The van der Waals surface area contributed by atoms with Gasteiger partial charge in [-0.05, 0) is 32.1 Å². The normalized spacial score (nSPS) is 10.5. The Kier molecular flexibility index (Phi) is 5.08. The van der Waals surface area contributed by atoms with Gasteiger partial charge in [0.1, 0.15) is 12.4 Å². The van der Waals surface area contributed by atoms with Gasteiger partial charge in [0.15, 0.2) is 0 Å². The summed E-state index contributed by atoms with van der Waals surface area (Å²) in [7, 11) is 2.12. The minimum Gasteiger partial charge on any atom is -0.492 e. The molecule has 0 spiro atoms. The van der Waals surface area contributed by atoms with Crippen molar-refractivity contribution in [3.63, 3.8) is 0 Å². The Hall–Kier alpha value is -1.02. The minimum absolute atomic E-state index is 0.764. The van der Waals surface area contributed by atoms with Gasteiger partial charge in [0.05, 0.1) is 0 Å². The molecule has 0 saturated carbocycles. The zero-order valence-electron chi connectivity index (χ0n) is 9.07. The summed E-state index contributed by atoms with van der Waals surface area (Å²) in [6.45, 7) is 5.08. The molecule has 78 valence electrons. The molecule has 0 aliphatic rings. The number of rotatable bonds is 6. The first-order valence-corrected chi connectivity index (χ1v) is 5.19. The van der Waals surface area contributed by atoms with Crippen LogP contribution in [0.1, 0.15) is 13.3 Å². The zero-order valence-corrected chi connectivity index (χ0v) is 9.07. The van der Waals surface area contributed by atoms with E-state index < -0.39 is 0 Å². The second-order valence-electron chi connectivity index (χ2n) is 3.46. The quantitative estimate of drug-likeness (QED) is 0.688. The Morgan fingerprint density at radius 1 is 1.14 bits per heavy atom. The summed E-state index contributed by atoms with van der Waals surface area (Å²) in [4.78, 5) is 2.28. The van der Waals surface area contributed by atoms with Gasteiger partial charge in [0.25, 0.3) is 0 Å². The van der Waals surface area contributed by atoms with Crippen molar-refractivity contribution < 1.29 is 4.74 Å². The Morgan fingerprint density at radius 3 is 2.50 bits per heavy atom. The summed E-state index contributed by atoms with van der Waals surface area (Å²) in [5.74, 6) is 0.956. The van der Waals surface area contributed by atoms with E-state index in [2.05, 4.69) is 18.9 Å². The predicted octanol–water partition coefficient (Wildman–Crippen LogP) is 2.41. The summed E-state index contributed by atoms with van der Waals surface area (Å²) >= 11 is 0. The standard InChI is InChI=1S/C12H19NO/c1-3-9-13(2)10-11-14-12-7-5-4-6-8-12/h4-8H,3,9-11H2,1-2H3. The van der Waals surface area contributed by atoms with E-state index in [1.165, 1.54) is 6.42 Å². The molecule has 1 rings (SSSR count). The average molecular weight is 193 g/mol. The van der Waals surface area contributed by atoms with Crippen LogP contribution in [0.3, 0.4) is 0 Å². The summed E-state index contributed by atoms with van der Waals surface area (Å²) in [6.07, 6.45) is 1.20. The third-order valence-electron chi connectivity index (χ3n) is 2.09. The van der Waals surface area contributed by atoms with E-state index in [1.807, 2.05) is 30.3 Å². The first-order valence-electron chi connectivity index (χ1n) is 5.19. The topological polar surface area (TPSA) is 12.5 Å². The van der Waals surface area contributed by atoms with Gasteiger partial charge >= 0.3 is 0 Å². The highest BCUT2D eigenvalue weighted by atomic mass is 16.5. The van der Waals surface area contributed by atoms with Crippen molar-refractivity contribution >= 4 is 0 Å². The molecule has 1 aromatic carbocycles. The van der Waals surface area contributed by atoms with Gasteiger partial charge in [-0.1, -0.05) is 25.1 Å². The fourth-order valence-corrected chi connectivity index (χ4v) is 1.33. The third kappa shape index (κ3) is 4.28. The van der Waals surface area contributed by atoms with Crippen LogP contribution in [0.5, 0.6) is 5.75 Å². The maximum atomic E-state index is 5.58. The molecule has 14 heavy (non-hydrogen) atoms. The lowest BCUT2D eigenvalue weighted by atomic mass is 10.3. The largest absolute Gasteiger partial charge is 0.492 e. The van der Waals surface area contributed by atoms with Gasteiger partial charge in [-0.3, -0.25) is 0 Å². The van der Waals surface area contributed by atoms with Crippen LogP contribution >= 0.6 is 0 Å². The van der Waals surface area contributed by atoms with Gasteiger partial charge in [-0.2, -0.15) is 0 Å². The SMILES string of the molecule is CCCN(C)CCOc1ccccc1. The Bertz CT molecular complexity index is 235. The van der Waals surface area contributed by atoms with Crippen molar-refractivity contribution in [2.24, 2.45) is 0 Å². The van der Waals surface area contributed by atoms with Crippen LogP contribution < -0.4 is 4.74 Å². The van der Waals surface area contributed by atoms with Crippen LogP contribution in [0, 0.1) is 0 Å². The number of ether oxygens (including phenoxy) is 1. The van der Waals surface area contributed by atoms with Crippen LogP contribution in [0.4, 0.5) is 0 Å². The second-order valence-corrected chi connectivity index (χ2v) is 3.46. The molecule has 0 aliphatic carbocycles. The Labute approximate surface area is 86.5 Å². The molecule has 0 bridgehead atoms. The Balaban J connectivity index is 2.16. The molecule has 1 aromatic rings. The summed E-state index contributed by atoms with van der Waals surface area (Å²) in [5, 5.41) is 0. The van der Waals surface area contributed by atoms with Gasteiger partial charge in [-0.15, -0.1) is 0 Å². The van der Waals surface area contributed by atoms with E-state index in [-0.39, 0.29) is 0 Å². The first kappa shape index (κ1) is 11.1. The lowest BCUT2D eigenvalue weighted by Crippen LogP contribution is -2.24. The van der Waals surface area contributed by atoms with Crippen LogP contribution in [0.15, 0.2) is 30.3 Å². The van der Waals surface area contributed by atoms with Gasteiger partial charge in [0, 0.05) is 6.54 Å². The fourth-order valence-electron chi connectivity index (χ4n) is 1.33. The van der Waals surface area contributed by atoms with E-state index >= 15 is 0 Å². The molecule has 0 aliphatic heterocycles. The average Bonchev–Trinajstić information content (AvgIpc) is 2.20. The Morgan fingerprint density at radius 2 is 1.86 bits per heavy atom. The van der Waals surface area contributed by atoms with E-state index in [0.29, 0.717) is 0 Å². The maximum absolute atomic E-state index is 5.58. The maximum Gasteiger partial charge on any atom is 0.119 e. The summed E-state index contributed by atoms with van der Waals surface area (Å²) in [5.41, 5.74) is 0. The van der Waals surface area contributed by atoms with Crippen molar-refractivity contribution in [3.8, 4) is 5.75 Å². The third-order valence-corrected chi connectivity index (χ3v) is 2.09. The van der Waals surface area contributed by atoms with Crippen molar-refractivity contribution in [1.29, 1.82) is 0 Å². The van der Waals surface area contributed by atoms with Gasteiger partial charge in [0.2, 0.25) is 0 Å². The van der Waals surface area contributed by atoms with Gasteiger partial charge in [-0.25, -0.2) is 0 Å². The highest BCUT2D eigenvalue weighted by Gasteiger charge is 1.96. The first-order chi connectivity index (χ1) is 6.83. The van der Waals surface area contributed by atoms with Crippen molar-refractivity contribution in [3.05, 3.63) is 30.3 Å². The minimum atomic E-state index is 0.764. The highest BCUT2D eigenvalue weighted by molar-refractivity contribution is 5.20. The number of likely N-dealkylation sites (N-methyl/N-ethyl adjacent to an activating group) is 1. The van der Waals surface area contributed by atoms with Gasteiger partial charge < -0.3 is 9.64 Å². The van der Waals surface area contributed by atoms with E-state index in [4.69, 9.17) is 4.74 Å². The van der Waals surface area contributed by atoms with Crippen LogP contribution in [-0.2, 0) is 0 Å². The van der Waals surface area contributed by atoms with E-state index in [1.54, 1.807) is 0 Å². The summed E-state index contributed by atoms with van der Waals surface area (Å²) < 4.78 is 5.58. The van der Waals surface area contributed by atoms with E-state index in [9.17, 15) is 0 Å². The molecule has 0 N–H and O–H groups in total. The highest BCUT2D eigenvalue weighted by Crippen LogP contribution is 2.07. The molecule has 0 aromatic heterocycles. The second kappa shape index (κ2) is 6.44. The molecule has 0 saturated heterocycles. The monoisotopic (exact) mass is 193 g/mol. The molecule has 0 heterocycles. The molecule has 0 radical (unpaired) electrons. The molecule has 0 atom stereocenters. The molecule has 2 nitrogen and oxygen atoms in total. The molecule has 0 unspecified atom stereocenters. The number of hydrogen-bond acceptors (Lipinski definition) is 2. The lowest BCUT2D eigenvalue weighted by Gasteiger charge is -2.15. The van der Waals surface area contributed by atoms with Crippen LogP contribution in [-0.4, -0.2) is 31.6 Å². The fraction of sp³-hybridized carbons (Fsp3) is 0.500. The number of hydrogen-bond donors (Lipinski definition) is 0. The van der Waals surface area contributed by atoms with E-state index in [0.717, 1.165) is 25.4 Å². The molecular formula is C12H19NO. The number of benzene rings is 1. The molecule has 0 amide bonds. The number of nitrogens with zero attached hydrogens (tertiary/aromatic N) is 1. The van der Waals surface area contributed by atoms with Crippen LogP contribution in [0.2, 0.25) is 0 Å². The van der Waals surface area contributed by atoms with Crippen molar-refractivity contribution in [2.75, 3.05) is 26.7 Å². The molecule has 0 fully saturated rings. The molecular weight excluding hydrogens is 174 g/mol. The van der Waals surface area contributed by atoms with Crippen LogP contribution in [0.25, 0.3) is 0 Å². The molecule has 2 heteroatoms.